The van der Waals surface area contributed by atoms with Gasteiger partial charge in [0.25, 0.3) is 0 Å². The van der Waals surface area contributed by atoms with Crippen molar-refractivity contribution in [1.82, 2.24) is 15.3 Å². The maximum absolute atomic E-state index is 14.5. The van der Waals surface area contributed by atoms with Crippen molar-refractivity contribution in [2.24, 2.45) is 10.8 Å². The van der Waals surface area contributed by atoms with E-state index in [1.807, 2.05) is 62.4 Å². The van der Waals surface area contributed by atoms with Crippen molar-refractivity contribution >= 4 is 5.78 Å². The molecule has 166 valence electrons. The van der Waals surface area contributed by atoms with Crippen molar-refractivity contribution in [3.63, 3.8) is 0 Å². The fourth-order valence-corrected chi connectivity index (χ4v) is 5.52. The van der Waals surface area contributed by atoms with Crippen molar-refractivity contribution in [3.05, 3.63) is 76.9 Å². The molecule has 6 nitrogen and oxygen atoms in total. The summed E-state index contributed by atoms with van der Waals surface area (Å²) >= 11 is 0. The molecule has 3 atom stereocenters. The number of carbonyl (C=O) groups excluding carboxylic acids is 1. The van der Waals surface area contributed by atoms with Crippen molar-refractivity contribution in [3.8, 4) is 6.07 Å². The summed E-state index contributed by atoms with van der Waals surface area (Å²) in [5.41, 5.74) is 1.32. The van der Waals surface area contributed by atoms with Gasteiger partial charge in [0.15, 0.2) is 5.78 Å². The van der Waals surface area contributed by atoms with Crippen LogP contribution in [0.25, 0.3) is 0 Å². The molecule has 2 heterocycles. The minimum atomic E-state index is -0.976. The van der Waals surface area contributed by atoms with E-state index in [0.717, 1.165) is 17.0 Å². The summed E-state index contributed by atoms with van der Waals surface area (Å²) in [7, 11) is 0. The van der Waals surface area contributed by atoms with Gasteiger partial charge in [-0.3, -0.25) is 4.79 Å². The highest BCUT2D eigenvalue weighted by Crippen LogP contribution is 2.58. The molecule has 0 amide bonds. The van der Waals surface area contributed by atoms with Gasteiger partial charge in [-0.1, -0.05) is 48.6 Å². The molecule has 3 N–H and O–H groups in total. The van der Waals surface area contributed by atoms with Crippen molar-refractivity contribution in [1.29, 1.82) is 5.26 Å². The summed E-state index contributed by atoms with van der Waals surface area (Å²) in [6, 6.07) is 10.2. The molecule has 2 aliphatic rings. The highest BCUT2D eigenvalue weighted by atomic mass is 16.3. The smallest absolute Gasteiger partial charge is 0.171 e. The monoisotopic (exact) mass is 430 g/mol. The topological polar surface area (TPSA) is 102 Å². The van der Waals surface area contributed by atoms with Crippen LogP contribution in [0.3, 0.4) is 0 Å². The van der Waals surface area contributed by atoms with Crippen LogP contribution in [-0.4, -0.2) is 40.6 Å². The number of aliphatic hydroxyl groups excluding tert-OH is 1. The van der Waals surface area contributed by atoms with Gasteiger partial charge in [0, 0.05) is 30.1 Å². The number of aromatic nitrogens is 2. The SMILES string of the molecule is Cc1ccccc1C(=O)C1(C2(C#N)C=CC=CC2)CCNCC1c1nc(CCO)[nH]c1C. The number of piperidine rings is 1. The van der Waals surface area contributed by atoms with E-state index in [-0.39, 0.29) is 18.3 Å². The van der Waals surface area contributed by atoms with Crippen LogP contribution in [0.2, 0.25) is 0 Å². The first kappa shape index (κ1) is 22.2. The molecule has 1 aromatic carbocycles. The lowest BCUT2D eigenvalue weighted by molar-refractivity contribution is 0.0385. The zero-order valence-electron chi connectivity index (χ0n) is 18.7. The first-order valence-electron chi connectivity index (χ1n) is 11.2. The molecule has 3 unspecified atom stereocenters. The fourth-order valence-electron chi connectivity index (χ4n) is 5.52. The predicted molar refractivity (Wildman–Crippen MR) is 123 cm³/mol. The van der Waals surface area contributed by atoms with Crippen molar-refractivity contribution in [2.45, 2.75) is 39.0 Å². The number of hydrogen-bond donors (Lipinski definition) is 3. The van der Waals surface area contributed by atoms with Gasteiger partial charge >= 0.3 is 0 Å². The second-order valence-electron chi connectivity index (χ2n) is 8.86. The van der Waals surface area contributed by atoms with E-state index in [1.165, 1.54) is 0 Å². The summed E-state index contributed by atoms with van der Waals surface area (Å²) in [6.45, 7) is 5.12. The van der Waals surface area contributed by atoms with Gasteiger partial charge in [0.1, 0.15) is 5.82 Å². The van der Waals surface area contributed by atoms with Gasteiger partial charge in [-0.15, -0.1) is 0 Å². The maximum Gasteiger partial charge on any atom is 0.171 e. The summed E-state index contributed by atoms with van der Waals surface area (Å²) in [5, 5.41) is 23.4. The molecule has 32 heavy (non-hydrogen) atoms. The van der Waals surface area contributed by atoms with Gasteiger partial charge in [-0.25, -0.2) is 4.98 Å². The maximum atomic E-state index is 14.5. The average molecular weight is 431 g/mol. The number of allylic oxidation sites excluding steroid dienone is 4. The van der Waals surface area contributed by atoms with Crippen LogP contribution in [0.4, 0.5) is 0 Å². The number of aryl methyl sites for hydroxylation is 2. The van der Waals surface area contributed by atoms with E-state index in [0.29, 0.717) is 43.7 Å². The van der Waals surface area contributed by atoms with Gasteiger partial charge < -0.3 is 15.4 Å². The Labute approximate surface area is 189 Å². The largest absolute Gasteiger partial charge is 0.396 e. The van der Waals surface area contributed by atoms with Crippen LogP contribution in [0.1, 0.15) is 51.9 Å². The van der Waals surface area contributed by atoms with E-state index in [4.69, 9.17) is 4.98 Å². The number of imidazole rings is 1. The number of nitrogens with zero attached hydrogens (tertiary/aromatic N) is 2. The Morgan fingerprint density at radius 2 is 2.12 bits per heavy atom. The Balaban J connectivity index is 1.96. The Kier molecular flexibility index (Phi) is 6.14. The lowest BCUT2D eigenvalue weighted by Gasteiger charge is -2.51. The summed E-state index contributed by atoms with van der Waals surface area (Å²) < 4.78 is 0. The Hall–Kier alpha value is -3.01. The van der Waals surface area contributed by atoms with Crippen molar-refractivity contribution in [2.75, 3.05) is 19.7 Å². The van der Waals surface area contributed by atoms with Crippen LogP contribution in [0.15, 0.2) is 48.6 Å². The molecule has 1 aromatic heterocycles. The molecule has 0 bridgehead atoms. The summed E-state index contributed by atoms with van der Waals surface area (Å²) in [6.07, 6.45) is 9.21. The zero-order valence-corrected chi connectivity index (χ0v) is 18.7. The van der Waals surface area contributed by atoms with Crippen LogP contribution in [0, 0.1) is 36.0 Å². The third kappa shape index (κ3) is 3.42. The number of carbonyl (C=O) groups is 1. The predicted octanol–water partition coefficient (Wildman–Crippen LogP) is 3.53. The van der Waals surface area contributed by atoms with E-state index in [9.17, 15) is 15.2 Å². The number of Topliss-reactive ketones (excluding diaryl/α,β-unsaturated/α-hetero) is 1. The highest BCUT2D eigenvalue weighted by molar-refractivity contribution is 6.03. The fraction of sp³-hybridized carbons (Fsp3) is 0.423. The first-order valence-corrected chi connectivity index (χ1v) is 11.2. The second kappa shape index (κ2) is 8.85. The summed E-state index contributed by atoms with van der Waals surface area (Å²) in [5.74, 6) is 0.422. The number of H-pyrrole nitrogens is 1. The molecular weight excluding hydrogens is 400 g/mol. The lowest BCUT2D eigenvalue weighted by Crippen LogP contribution is -2.57. The van der Waals surface area contributed by atoms with Crippen LogP contribution >= 0.6 is 0 Å². The van der Waals surface area contributed by atoms with E-state index in [1.54, 1.807) is 0 Å². The molecule has 4 rings (SSSR count). The van der Waals surface area contributed by atoms with Crippen molar-refractivity contribution < 1.29 is 9.90 Å². The first-order chi connectivity index (χ1) is 15.5. The third-order valence-electron chi connectivity index (χ3n) is 7.15. The number of nitriles is 1. The van der Waals surface area contributed by atoms with Gasteiger partial charge in [0.2, 0.25) is 0 Å². The molecule has 0 radical (unpaired) electrons. The number of aromatic amines is 1. The van der Waals surface area contributed by atoms with E-state index in [2.05, 4.69) is 16.4 Å². The third-order valence-corrected chi connectivity index (χ3v) is 7.15. The molecule has 0 spiro atoms. The number of ketones is 1. The number of hydrogen-bond acceptors (Lipinski definition) is 5. The minimum Gasteiger partial charge on any atom is -0.396 e. The minimum absolute atomic E-state index is 0.00173. The standard InChI is InChI=1S/C26H30N4O2/c1-18-8-4-5-9-20(18)24(32)26(25(17-27)11-6-3-7-12-25)13-14-28-16-21(26)23-19(2)29-22(30-23)10-15-31/h3-9,11,21,28,31H,10,12-16H2,1-2H3,(H,29,30). The molecule has 1 aliphatic carbocycles. The number of rotatable bonds is 6. The Morgan fingerprint density at radius 3 is 2.81 bits per heavy atom. The molecule has 6 heteroatoms. The van der Waals surface area contributed by atoms with Crippen LogP contribution in [-0.2, 0) is 6.42 Å². The normalized spacial score (nSPS) is 27.2. The molecule has 1 aliphatic heterocycles. The van der Waals surface area contributed by atoms with Gasteiger partial charge in [-0.05, 0) is 38.8 Å². The van der Waals surface area contributed by atoms with E-state index < -0.39 is 10.8 Å². The average Bonchev–Trinajstić information content (AvgIpc) is 3.19. The number of benzene rings is 1. The lowest BCUT2D eigenvalue weighted by atomic mass is 9.49. The molecule has 1 saturated heterocycles. The van der Waals surface area contributed by atoms with E-state index >= 15 is 0 Å². The molecular formula is C26H30N4O2. The Morgan fingerprint density at radius 1 is 1.31 bits per heavy atom. The molecule has 0 saturated carbocycles. The second-order valence-corrected chi connectivity index (χ2v) is 8.86. The molecule has 2 aromatic rings. The number of nitrogens with one attached hydrogen (secondary N) is 2. The van der Waals surface area contributed by atoms with Gasteiger partial charge in [-0.2, -0.15) is 5.26 Å². The number of aliphatic hydroxyl groups is 1. The van der Waals surface area contributed by atoms with Crippen LogP contribution in [0.5, 0.6) is 0 Å². The summed E-state index contributed by atoms with van der Waals surface area (Å²) in [4.78, 5) is 22.6. The zero-order chi connectivity index (χ0) is 22.8. The van der Waals surface area contributed by atoms with Gasteiger partial charge in [0.05, 0.1) is 29.2 Å². The quantitative estimate of drug-likeness (QED) is 0.609. The molecule has 1 fully saturated rings. The Bertz CT molecular complexity index is 1110. The van der Waals surface area contributed by atoms with Crippen LogP contribution < -0.4 is 5.32 Å². The highest BCUT2D eigenvalue weighted by Gasteiger charge is 2.61.